The first-order valence-corrected chi connectivity index (χ1v) is 9.68. The van der Waals surface area contributed by atoms with Crippen molar-refractivity contribution in [3.8, 4) is 0 Å². The molecule has 0 heterocycles. The average Bonchev–Trinajstić information content (AvgIpc) is 2.73. The van der Waals surface area contributed by atoms with E-state index in [4.69, 9.17) is 11.6 Å². The number of hydrazine groups is 1. The van der Waals surface area contributed by atoms with Crippen LogP contribution in [0.3, 0.4) is 0 Å². The second-order valence-electron chi connectivity index (χ2n) is 6.79. The Morgan fingerprint density at radius 3 is 2.32 bits per heavy atom. The Balaban J connectivity index is 1.58. The van der Waals surface area contributed by atoms with Crippen LogP contribution in [-0.4, -0.2) is 17.7 Å². The predicted octanol–water partition coefficient (Wildman–Crippen LogP) is 3.93. The van der Waals surface area contributed by atoms with E-state index in [0.29, 0.717) is 16.3 Å². The van der Waals surface area contributed by atoms with Crippen molar-refractivity contribution in [2.24, 2.45) is 5.92 Å². The molecule has 146 valence electrons. The zero-order valence-electron chi connectivity index (χ0n) is 15.3. The van der Waals surface area contributed by atoms with Crippen molar-refractivity contribution in [1.29, 1.82) is 0 Å². The number of rotatable bonds is 4. The summed E-state index contributed by atoms with van der Waals surface area (Å²) in [7, 11) is 0. The molecule has 0 radical (unpaired) electrons. The van der Waals surface area contributed by atoms with Crippen LogP contribution in [-0.2, 0) is 4.79 Å². The monoisotopic (exact) mass is 399 g/mol. The van der Waals surface area contributed by atoms with Gasteiger partial charge in [-0.1, -0.05) is 49.1 Å². The van der Waals surface area contributed by atoms with Crippen molar-refractivity contribution in [2.75, 3.05) is 5.32 Å². The number of hydrogen-bond donors (Lipinski definition) is 3. The van der Waals surface area contributed by atoms with Gasteiger partial charge in [0.1, 0.15) is 0 Å². The Bertz CT molecular complexity index is 879. The van der Waals surface area contributed by atoms with Crippen LogP contribution in [0.4, 0.5) is 5.69 Å². The van der Waals surface area contributed by atoms with Gasteiger partial charge in [0.2, 0.25) is 5.91 Å². The Morgan fingerprint density at radius 1 is 0.857 bits per heavy atom. The van der Waals surface area contributed by atoms with Crippen molar-refractivity contribution in [1.82, 2.24) is 10.9 Å². The van der Waals surface area contributed by atoms with E-state index in [1.165, 1.54) is 6.42 Å². The molecule has 28 heavy (non-hydrogen) atoms. The molecule has 0 atom stereocenters. The Hall–Kier alpha value is -2.86. The molecule has 1 fully saturated rings. The molecule has 1 saturated carbocycles. The summed E-state index contributed by atoms with van der Waals surface area (Å²) >= 11 is 5.97. The fourth-order valence-electron chi connectivity index (χ4n) is 3.25. The number of hydrogen-bond acceptors (Lipinski definition) is 3. The van der Waals surface area contributed by atoms with Gasteiger partial charge in [0.15, 0.2) is 0 Å². The maximum absolute atomic E-state index is 12.4. The summed E-state index contributed by atoms with van der Waals surface area (Å²) in [5.41, 5.74) is 5.84. The van der Waals surface area contributed by atoms with E-state index in [2.05, 4.69) is 16.2 Å². The number of anilines is 1. The second-order valence-corrected chi connectivity index (χ2v) is 7.20. The molecule has 0 aliphatic heterocycles. The summed E-state index contributed by atoms with van der Waals surface area (Å²) < 4.78 is 0. The molecular formula is C21H22ClN3O3. The van der Waals surface area contributed by atoms with Gasteiger partial charge >= 0.3 is 0 Å². The van der Waals surface area contributed by atoms with Crippen LogP contribution in [0.2, 0.25) is 5.02 Å². The topological polar surface area (TPSA) is 87.3 Å². The average molecular weight is 400 g/mol. The van der Waals surface area contributed by atoms with E-state index in [1.54, 1.807) is 48.5 Å². The molecule has 0 unspecified atom stereocenters. The van der Waals surface area contributed by atoms with Crippen LogP contribution in [0.1, 0.15) is 52.8 Å². The predicted molar refractivity (Wildman–Crippen MR) is 108 cm³/mol. The lowest BCUT2D eigenvalue weighted by Gasteiger charge is -2.20. The smallest absolute Gasteiger partial charge is 0.271 e. The van der Waals surface area contributed by atoms with E-state index in [0.717, 1.165) is 25.7 Å². The highest BCUT2D eigenvalue weighted by Gasteiger charge is 2.21. The highest BCUT2D eigenvalue weighted by atomic mass is 35.5. The number of carbonyl (C=O) groups is 3. The first-order valence-electron chi connectivity index (χ1n) is 9.31. The minimum atomic E-state index is -0.513. The molecule has 1 aliphatic carbocycles. The highest BCUT2D eigenvalue weighted by Crippen LogP contribution is 2.25. The second kappa shape index (κ2) is 9.37. The lowest BCUT2D eigenvalue weighted by Crippen LogP contribution is -2.41. The van der Waals surface area contributed by atoms with Gasteiger partial charge in [0.25, 0.3) is 11.8 Å². The Kier molecular flexibility index (Phi) is 6.66. The molecule has 6 nitrogen and oxygen atoms in total. The molecule has 0 bridgehead atoms. The summed E-state index contributed by atoms with van der Waals surface area (Å²) in [4.78, 5) is 36.8. The molecule has 1 aliphatic rings. The molecule has 2 aromatic rings. The molecule has 2 aromatic carbocycles. The van der Waals surface area contributed by atoms with Crippen LogP contribution in [0.15, 0.2) is 48.5 Å². The van der Waals surface area contributed by atoms with Gasteiger partial charge < -0.3 is 5.32 Å². The van der Waals surface area contributed by atoms with E-state index < -0.39 is 11.8 Å². The maximum atomic E-state index is 12.4. The molecule has 3 amide bonds. The third kappa shape index (κ3) is 5.10. The van der Waals surface area contributed by atoms with Crippen LogP contribution in [0.25, 0.3) is 0 Å². The van der Waals surface area contributed by atoms with E-state index in [-0.39, 0.29) is 17.4 Å². The fourth-order valence-corrected chi connectivity index (χ4v) is 3.47. The molecule has 0 spiro atoms. The summed E-state index contributed by atoms with van der Waals surface area (Å²) in [6.45, 7) is 0. The minimum absolute atomic E-state index is 0.00993. The van der Waals surface area contributed by atoms with Crippen molar-refractivity contribution in [3.63, 3.8) is 0 Å². The zero-order valence-corrected chi connectivity index (χ0v) is 16.1. The third-order valence-electron chi connectivity index (χ3n) is 4.78. The van der Waals surface area contributed by atoms with Gasteiger partial charge in [-0.3, -0.25) is 25.2 Å². The summed E-state index contributed by atoms with van der Waals surface area (Å²) in [6.07, 6.45) is 5.14. The van der Waals surface area contributed by atoms with Crippen LogP contribution < -0.4 is 16.2 Å². The van der Waals surface area contributed by atoms with Gasteiger partial charge in [-0.25, -0.2) is 0 Å². The van der Waals surface area contributed by atoms with Gasteiger partial charge in [0.05, 0.1) is 10.6 Å². The lowest BCUT2D eigenvalue weighted by molar-refractivity contribution is -0.120. The fraction of sp³-hybridized carbons (Fsp3) is 0.286. The largest absolute Gasteiger partial charge is 0.326 e. The van der Waals surface area contributed by atoms with E-state index >= 15 is 0 Å². The molecule has 0 aromatic heterocycles. The first kappa shape index (κ1) is 19.9. The van der Waals surface area contributed by atoms with Crippen LogP contribution in [0.5, 0.6) is 0 Å². The van der Waals surface area contributed by atoms with Crippen molar-refractivity contribution >= 4 is 35.0 Å². The quantitative estimate of drug-likeness (QED) is 0.680. The minimum Gasteiger partial charge on any atom is -0.326 e. The molecule has 3 N–H and O–H groups in total. The number of carbonyl (C=O) groups excluding carboxylic acids is 3. The molecule has 0 saturated heterocycles. The molecule has 3 rings (SSSR count). The number of amides is 3. The molecule has 7 heteroatoms. The highest BCUT2D eigenvalue weighted by molar-refractivity contribution is 6.33. The first-order chi connectivity index (χ1) is 13.5. The Labute approximate surface area is 168 Å². The number of halogens is 1. The van der Waals surface area contributed by atoms with Crippen molar-refractivity contribution in [3.05, 3.63) is 64.7 Å². The van der Waals surface area contributed by atoms with Crippen LogP contribution in [0, 0.1) is 5.92 Å². The van der Waals surface area contributed by atoms with E-state index in [9.17, 15) is 14.4 Å². The SMILES string of the molecule is O=C(NNC(=O)c1ccccc1Cl)c1cccc(NC(=O)C2CCCCC2)c1. The van der Waals surface area contributed by atoms with Crippen molar-refractivity contribution < 1.29 is 14.4 Å². The van der Waals surface area contributed by atoms with Gasteiger partial charge in [0, 0.05) is 17.2 Å². The Morgan fingerprint density at radius 2 is 1.57 bits per heavy atom. The standard InChI is InChI=1S/C21H22ClN3O3/c22-18-12-5-4-11-17(18)21(28)25-24-20(27)15-9-6-10-16(13-15)23-19(26)14-7-2-1-3-8-14/h4-6,9-14H,1-3,7-8H2,(H,23,26)(H,24,27)(H,25,28). The zero-order chi connectivity index (χ0) is 19.9. The van der Waals surface area contributed by atoms with Crippen LogP contribution >= 0.6 is 11.6 Å². The van der Waals surface area contributed by atoms with Gasteiger partial charge in [-0.2, -0.15) is 0 Å². The lowest BCUT2D eigenvalue weighted by atomic mass is 9.88. The van der Waals surface area contributed by atoms with Gasteiger partial charge in [-0.15, -0.1) is 0 Å². The van der Waals surface area contributed by atoms with Gasteiger partial charge in [-0.05, 0) is 43.2 Å². The normalized spacial score (nSPS) is 14.2. The summed E-state index contributed by atoms with van der Waals surface area (Å²) in [6, 6.07) is 13.2. The number of benzene rings is 2. The maximum Gasteiger partial charge on any atom is 0.271 e. The van der Waals surface area contributed by atoms with Crippen molar-refractivity contribution in [2.45, 2.75) is 32.1 Å². The summed E-state index contributed by atoms with van der Waals surface area (Å²) in [5, 5.41) is 3.17. The molecular weight excluding hydrogens is 378 g/mol. The number of nitrogens with one attached hydrogen (secondary N) is 3. The van der Waals surface area contributed by atoms with E-state index in [1.807, 2.05) is 0 Å². The summed E-state index contributed by atoms with van der Waals surface area (Å²) in [5.74, 6) is -0.986. The third-order valence-corrected chi connectivity index (χ3v) is 5.11.